The molecule has 21 heavy (non-hydrogen) atoms. The van der Waals surface area contributed by atoms with E-state index in [4.69, 9.17) is 9.84 Å². The Balaban J connectivity index is 2.44. The molecule has 0 fully saturated rings. The summed E-state index contributed by atoms with van der Waals surface area (Å²) in [4.78, 5) is 10.8. The quantitative estimate of drug-likeness (QED) is 0.579. The second-order valence-corrected chi connectivity index (χ2v) is 4.74. The molecule has 0 spiro atoms. The van der Waals surface area contributed by atoms with E-state index in [0.717, 1.165) is 33.2 Å². The molecule has 0 unspecified atom stereocenters. The smallest absolute Gasteiger partial charge is 0.328 e. The van der Waals surface area contributed by atoms with Gasteiger partial charge in [0.1, 0.15) is 5.75 Å². The van der Waals surface area contributed by atoms with Crippen LogP contribution in [-0.2, 0) is 4.79 Å². The lowest BCUT2D eigenvalue weighted by Gasteiger charge is -2.11. The number of fused-ring (bicyclic) bond motifs is 3. The van der Waals surface area contributed by atoms with Crippen LogP contribution >= 0.6 is 0 Å². The minimum absolute atomic E-state index is 0.663. The van der Waals surface area contributed by atoms with E-state index in [-0.39, 0.29) is 0 Å². The van der Waals surface area contributed by atoms with Crippen LogP contribution in [0.15, 0.2) is 54.6 Å². The van der Waals surface area contributed by atoms with Gasteiger partial charge in [-0.15, -0.1) is 0 Å². The van der Waals surface area contributed by atoms with Crippen molar-refractivity contribution in [2.24, 2.45) is 0 Å². The van der Waals surface area contributed by atoms with Gasteiger partial charge in [0.25, 0.3) is 0 Å². The number of rotatable bonds is 3. The summed E-state index contributed by atoms with van der Waals surface area (Å²) in [5.74, 6) is -0.314. The molecule has 3 aromatic carbocycles. The van der Waals surface area contributed by atoms with Gasteiger partial charge in [0.15, 0.2) is 0 Å². The van der Waals surface area contributed by atoms with Crippen LogP contribution in [-0.4, -0.2) is 18.2 Å². The topological polar surface area (TPSA) is 46.5 Å². The van der Waals surface area contributed by atoms with Crippen LogP contribution in [0.2, 0.25) is 0 Å². The summed E-state index contributed by atoms with van der Waals surface area (Å²) in [6.45, 7) is 0. The minimum Gasteiger partial charge on any atom is -0.496 e. The fourth-order valence-electron chi connectivity index (χ4n) is 2.60. The van der Waals surface area contributed by atoms with E-state index in [0.29, 0.717) is 5.75 Å². The summed E-state index contributed by atoms with van der Waals surface area (Å²) in [6.07, 6.45) is 2.73. The van der Waals surface area contributed by atoms with Crippen LogP contribution in [0.5, 0.6) is 5.75 Å². The van der Waals surface area contributed by atoms with Crippen molar-refractivity contribution in [1.29, 1.82) is 0 Å². The Labute approximate surface area is 122 Å². The van der Waals surface area contributed by atoms with Gasteiger partial charge in [-0.25, -0.2) is 4.79 Å². The molecule has 0 saturated heterocycles. The summed E-state index contributed by atoms with van der Waals surface area (Å²) in [5.41, 5.74) is 0.786. The first-order chi connectivity index (χ1) is 10.2. The van der Waals surface area contributed by atoms with Crippen LogP contribution in [0.3, 0.4) is 0 Å². The highest BCUT2D eigenvalue weighted by molar-refractivity contribution is 6.12. The number of carbonyl (C=O) groups is 1. The first kappa shape index (κ1) is 13.2. The number of carboxylic acid groups (broad SMARTS) is 1. The van der Waals surface area contributed by atoms with Gasteiger partial charge in [-0.2, -0.15) is 0 Å². The highest BCUT2D eigenvalue weighted by atomic mass is 16.5. The van der Waals surface area contributed by atoms with Gasteiger partial charge in [-0.1, -0.05) is 42.5 Å². The zero-order chi connectivity index (χ0) is 14.8. The number of hydrogen-bond acceptors (Lipinski definition) is 2. The van der Waals surface area contributed by atoms with Crippen molar-refractivity contribution < 1.29 is 14.6 Å². The molecule has 3 nitrogen and oxygen atoms in total. The largest absolute Gasteiger partial charge is 0.496 e. The normalized spacial score (nSPS) is 11.3. The maximum Gasteiger partial charge on any atom is 0.328 e. The van der Waals surface area contributed by atoms with Gasteiger partial charge in [-0.05, 0) is 28.3 Å². The average molecular weight is 278 g/mol. The molecular weight excluding hydrogens is 264 g/mol. The Hall–Kier alpha value is -2.81. The van der Waals surface area contributed by atoms with Crippen LogP contribution in [0.1, 0.15) is 5.56 Å². The number of aliphatic carboxylic acids is 1. The number of carboxylic acids is 1. The van der Waals surface area contributed by atoms with Crippen molar-refractivity contribution in [3.05, 3.63) is 60.2 Å². The van der Waals surface area contributed by atoms with Gasteiger partial charge >= 0.3 is 5.97 Å². The van der Waals surface area contributed by atoms with Crippen molar-refractivity contribution in [2.45, 2.75) is 0 Å². The van der Waals surface area contributed by atoms with E-state index >= 15 is 0 Å². The maximum absolute atomic E-state index is 10.8. The average Bonchev–Trinajstić information content (AvgIpc) is 2.51. The van der Waals surface area contributed by atoms with Crippen LogP contribution in [0.4, 0.5) is 0 Å². The van der Waals surface area contributed by atoms with Crippen molar-refractivity contribution >= 4 is 33.6 Å². The van der Waals surface area contributed by atoms with Crippen molar-refractivity contribution in [2.75, 3.05) is 7.11 Å². The van der Waals surface area contributed by atoms with Crippen molar-refractivity contribution in [1.82, 2.24) is 0 Å². The molecule has 1 N–H and O–H groups in total. The molecule has 3 aromatic rings. The van der Waals surface area contributed by atoms with E-state index in [2.05, 4.69) is 6.07 Å². The third-order valence-electron chi connectivity index (χ3n) is 3.52. The molecule has 0 aliphatic rings. The lowest BCUT2D eigenvalue weighted by molar-refractivity contribution is -0.131. The summed E-state index contributed by atoms with van der Waals surface area (Å²) in [5, 5.41) is 13.2. The highest BCUT2D eigenvalue weighted by Gasteiger charge is 2.09. The number of benzene rings is 3. The Bertz CT molecular complexity index is 863. The fourth-order valence-corrected chi connectivity index (χ4v) is 2.60. The minimum atomic E-state index is -0.978. The molecule has 3 rings (SSSR count). The monoisotopic (exact) mass is 278 g/mol. The van der Waals surface area contributed by atoms with E-state index in [9.17, 15) is 4.79 Å². The van der Waals surface area contributed by atoms with Crippen molar-refractivity contribution in [3.63, 3.8) is 0 Å². The summed E-state index contributed by atoms with van der Waals surface area (Å²) in [6, 6.07) is 16.0. The van der Waals surface area contributed by atoms with Crippen LogP contribution in [0, 0.1) is 0 Å². The highest BCUT2D eigenvalue weighted by Crippen LogP contribution is 2.34. The van der Waals surface area contributed by atoms with Gasteiger partial charge < -0.3 is 9.84 Å². The molecule has 0 aliphatic carbocycles. The molecular formula is C18H14O3. The Kier molecular flexibility index (Phi) is 3.32. The van der Waals surface area contributed by atoms with Gasteiger partial charge in [0, 0.05) is 17.0 Å². The fraction of sp³-hybridized carbons (Fsp3) is 0.0556. The molecule has 0 atom stereocenters. The molecule has 0 amide bonds. The first-order valence-electron chi connectivity index (χ1n) is 6.60. The Morgan fingerprint density at radius 1 is 1.05 bits per heavy atom. The molecule has 0 aliphatic heterocycles. The third kappa shape index (κ3) is 2.34. The van der Waals surface area contributed by atoms with E-state index in [1.54, 1.807) is 13.2 Å². The first-order valence-corrected chi connectivity index (χ1v) is 6.60. The molecule has 104 valence electrons. The Morgan fingerprint density at radius 2 is 1.76 bits per heavy atom. The zero-order valence-corrected chi connectivity index (χ0v) is 11.5. The summed E-state index contributed by atoms with van der Waals surface area (Å²) >= 11 is 0. The molecule has 0 heterocycles. The molecule has 0 radical (unpaired) electrons. The van der Waals surface area contributed by atoms with Crippen LogP contribution < -0.4 is 4.74 Å². The predicted molar refractivity (Wildman–Crippen MR) is 84.7 cm³/mol. The lowest BCUT2D eigenvalue weighted by Crippen LogP contribution is -1.91. The van der Waals surface area contributed by atoms with Crippen molar-refractivity contribution in [3.8, 4) is 5.75 Å². The number of ether oxygens (including phenoxy) is 1. The standard InChI is InChI=1S/C18H14O3/c1-21-16-10-8-13-7-6-12-4-2-3-5-14(12)18(13)15(16)9-11-17(19)20/h2-11H,1H3,(H,19,20)/b11-9-. The van der Waals surface area contributed by atoms with Gasteiger partial charge in [0.2, 0.25) is 0 Å². The third-order valence-corrected chi connectivity index (χ3v) is 3.52. The maximum atomic E-state index is 10.8. The summed E-state index contributed by atoms with van der Waals surface area (Å²) in [7, 11) is 1.59. The lowest BCUT2D eigenvalue weighted by atomic mass is 9.96. The second-order valence-electron chi connectivity index (χ2n) is 4.74. The van der Waals surface area contributed by atoms with Gasteiger partial charge in [0.05, 0.1) is 7.11 Å². The molecule has 0 saturated carbocycles. The molecule has 3 heteroatoms. The molecule has 0 aromatic heterocycles. The number of hydrogen-bond donors (Lipinski definition) is 1. The Morgan fingerprint density at radius 3 is 2.52 bits per heavy atom. The second kappa shape index (κ2) is 5.29. The van der Waals surface area contributed by atoms with E-state index in [1.807, 2.05) is 42.5 Å². The van der Waals surface area contributed by atoms with E-state index in [1.165, 1.54) is 0 Å². The van der Waals surface area contributed by atoms with Gasteiger partial charge in [-0.3, -0.25) is 0 Å². The SMILES string of the molecule is COc1ccc2ccc3ccccc3c2c1/C=C\C(=O)O. The number of methoxy groups -OCH3 is 1. The molecule has 0 bridgehead atoms. The zero-order valence-electron chi connectivity index (χ0n) is 11.5. The van der Waals surface area contributed by atoms with Crippen LogP contribution in [0.25, 0.3) is 27.6 Å². The predicted octanol–water partition coefficient (Wildman–Crippen LogP) is 4.10. The van der Waals surface area contributed by atoms with E-state index < -0.39 is 5.97 Å². The summed E-state index contributed by atoms with van der Waals surface area (Å²) < 4.78 is 5.39.